The molecule has 6 heteroatoms. The first-order chi connectivity index (χ1) is 12.6. The Hall–Kier alpha value is -3.54. The van der Waals surface area contributed by atoms with Crippen LogP contribution in [0.1, 0.15) is 21.7 Å². The largest absolute Gasteiger partial charge is 0.508 e. The lowest BCUT2D eigenvalue weighted by molar-refractivity contribution is 0.0955. The Labute approximate surface area is 151 Å². The van der Waals surface area contributed by atoms with Gasteiger partial charge in [0, 0.05) is 16.9 Å². The zero-order valence-corrected chi connectivity index (χ0v) is 14.5. The number of carbonyl (C=O) groups is 1. The minimum Gasteiger partial charge on any atom is -0.508 e. The van der Waals surface area contributed by atoms with E-state index in [0.29, 0.717) is 5.56 Å². The molecule has 0 spiro atoms. The number of hydrazone groups is 1. The maximum atomic E-state index is 12.0. The maximum absolute atomic E-state index is 12.0. The van der Waals surface area contributed by atoms with Gasteiger partial charge in [-0.2, -0.15) is 5.10 Å². The number of hydrogen-bond donors (Lipinski definition) is 2. The lowest BCUT2D eigenvalue weighted by Gasteiger charge is -2.10. The van der Waals surface area contributed by atoms with E-state index in [9.17, 15) is 9.90 Å². The Morgan fingerprint density at radius 3 is 2.42 bits per heavy atom. The van der Waals surface area contributed by atoms with Crippen LogP contribution < -0.4 is 10.2 Å². The van der Waals surface area contributed by atoms with Gasteiger partial charge in [-0.25, -0.2) is 5.43 Å². The van der Waals surface area contributed by atoms with Gasteiger partial charge in [0.1, 0.15) is 11.5 Å². The summed E-state index contributed by atoms with van der Waals surface area (Å²) in [4.78, 5) is 12.0. The molecule has 0 atom stereocenters. The molecule has 0 aliphatic heterocycles. The van der Waals surface area contributed by atoms with E-state index in [1.165, 1.54) is 24.3 Å². The Bertz CT molecular complexity index is 926. The fraction of sp³-hybridized carbons (Fsp3) is 0.100. The van der Waals surface area contributed by atoms with Gasteiger partial charge >= 0.3 is 0 Å². The maximum Gasteiger partial charge on any atom is 0.271 e. The standard InChI is InChI=1S/C20H19N3O3/c1-14-3-6-17(23(14)16-7-11-19(26-2)12-8-16)13-21-22-20(25)15-4-9-18(24)10-5-15/h3-13,24H,1-2H3,(H,22,25)/b21-13+. The van der Waals surface area contributed by atoms with E-state index < -0.39 is 0 Å². The minimum atomic E-state index is -0.347. The molecule has 6 nitrogen and oxygen atoms in total. The van der Waals surface area contributed by atoms with Crippen molar-refractivity contribution in [1.29, 1.82) is 0 Å². The van der Waals surface area contributed by atoms with Crippen LogP contribution >= 0.6 is 0 Å². The molecule has 0 saturated carbocycles. The first kappa shape index (κ1) is 17.3. The Morgan fingerprint density at radius 2 is 1.77 bits per heavy atom. The molecular formula is C20H19N3O3. The average Bonchev–Trinajstić information content (AvgIpc) is 3.03. The van der Waals surface area contributed by atoms with Crippen LogP contribution in [0.5, 0.6) is 11.5 Å². The number of aromatic nitrogens is 1. The van der Waals surface area contributed by atoms with E-state index in [-0.39, 0.29) is 11.7 Å². The van der Waals surface area contributed by atoms with Gasteiger partial charge in [-0.05, 0) is 67.6 Å². The number of benzene rings is 2. The van der Waals surface area contributed by atoms with Gasteiger partial charge in [0.15, 0.2) is 0 Å². The van der Waals surface area contributed by atoms with E-state index in [4.69, 9.17) is 4.74 Å². The number of aromatic hydroxyl groups is 1. The summed E-state index contributed by atoms with van der Waals surface area (Å²) in [5, 5.41) is 13.3. The summed E-state index contributed by atoms with van der Waals surface area (Å²) in [6, 6.07) is 17.6. The Balaban J connectivity index is 1.76. The van der Waals surface area contributed by atoms with Gasteiger partial charge < -0.3 is 14.4 Å². The van der Waals surface area contributed by atoms with Gasteiger partial charge in [0.2, 0.25) is 0 Å². The van der Waals surface area contributed by atoms with Crippen molar-refractivity contribution in [3.63, 3.8) is 0 Å². The van der Waals surface area contributed by atoms with Crippen molar-refractivity contribution in [2.24, 2.45) is 5.10 Å². The summed E-state index contributed by atoms with van der Waals surface area (Å²) < 4.78 is 7.21. The topological polar surface area (TPSA) is 75.8 Å². The summed E-state index contributed by atoms with van der Waals surface area (Å²) in [6.07, 6.45) is 1.59. The molecule has 0 aliphatic carbocycles. The summed E-state index contributed by atoms with van der Waals surface area (Å²) in [5.74, 6) is 0.549. The average molecular weight is 349 g/mol. The number of carbonyl (C=O) groups excluding carboxylic acids is 1. The van der Waals surface area contributed by atoms with Crippen LogP contribution in [0, 0.1) is 6.92 Å². The van der Waals surface area contributed by atoms with Crippen molar-refractivity contribution in [1.82, 2.24) is 9.99 Å². The SMILES string of the molecule is COc1ccc(-n2c(C)ccc2/C=N/NC(=O)c2ccc(O)cc2)cc1. The van der Waals surface area contributed by atoms with E-state index in [0.717, 1.165) is 22.8 Å². The van der Waals surface area contributed by atoms with E-state index in [1.807, 2.05) is 47.9 Å². The second-order valence-electron chi connectivity index (χ2n) is 5.68. The van der Waals surface area contributed by atoms with Crippen molar-refractivity contribution in [2.45, 2.75) is 6.92 Å². The number of nitrogens with zero attached hydrogens (tertiary/aromatic N) is 2. The molecule has 0 radical (unpaired) electrons. The van der Waals surface area contributed by atoms with Crippen molar-refractivity contribution in [2.75, 3.05) is 7.11 Å². The molecule has 2 N–H and O–H groups in total. The molecular weight excluding hydrogens is 330 g/mol. The molecule has 26 heavy (non-hydrogen) atoms. The molecule has 0 aliphatic rings. The molecule has 2 aromatic carbocycles. The predicted molar refractivity (Wildman–Crippen MR) is 100 cm³/mol. The van der Waals surface area contributed by atoms with Crippen molar-refractivity contribution in [3.05, 3.63) is 77.6 Å². The third-order valence-electron chi connectivity index (χ3n) is 3.93. The zero-order valence-electron chi connectivity index (χ0n) is 14.5. The van der Waals surface area contributed by atoms with E-state index in [2.05, 4.69) is 10.5 Å². The summed E-state index contributed by atoms with van der Waals surface area (Å²) in [7, 11) is 1.63. The number of amides is 1. The molecule has 1 aromatic heterocycles. The van der Waals surface area contributed by atoms with Gasteiger partial charge in [-0.15, -0.1) is 0 Å². The predicted octanol–water partition coefficient (Wildman–Crippen LogP) is 3.26. The fourth-order valence-electron chi connectivity index (χ4n) is 2.58. The lowest BCUT2D eigenvalue weighted by Crippen LogP contribution is -2.17. The minimum absolute atomic E-state index is 0.109. The fourth-order valence-corrected chi connectivity index (χ4v) is 2.58. The van der Waals surface area contributed by atoms with Crippen LogP contribution in [0.3, 0.4) is 0 Å². The highest BCUT2D eigenvalue weighted by Crippen LogP contribution is 2.19. The molecule has 0 bridgehead atoms. The van der Waals surface area contributed by atoms with E-state index in [1.54, 1.807) is 13.3 Å². The number of methoxy groups -OCH3 is 1. The van der Waals surface area contributed by atoms with Crippen LogP contribution in [-0.4, -0.2) is 28.9 Å². The third-order valence-corrected chi connectivity index (χ3v) is 3.93. The number of ether oxygens (including phenoxy) is 1. The third kappa shape index (κ3) is 3.75. The number of nitrogens with one attached hydrogen (secondary N) is 1. The number of hydrogen-bond acceptors (Lipinski definition) is 4. The summed E-state index contributed by atoms with van der Waals surface area (Å²) >= 11 is 0. The van der Waals surface area contributed by atoms with Crippen LogP contribution in [0.2, 0.25) is 0 Å². The highest BCUT2D eigenvalue weighted by Gasteiger charge is 2.07. The molecule has 0 fully saturated rings. The Kier molecular flexibility index (Phi) is 5.03. The normalized spacial score (nSPS) is 10.8. The number of phenolic OH excluding ortho intramolecular Hbond substituents is 1. The number of rotatable bonds is 5. The number of phenols is 1. The molecule has 0 saturated heterocycles. The lowest BCUT2D eigenvalue weighted by atomic mass is 10.2. The highest BCUT2D eigenvalue weighted by molar-refractivity contribution is 5.94. The van der Waals surface area contributed by atoms with Crippen molar-refractivity contribution < 1.29 is 14.6 Å². The summed E-state index contributed by atoms with van der Waals surface area (Å²) in [5.41, 5.74) is 5.75. The smallest absolute Gasteiger partial charge is 0.271 e. The molecule has 3 rings (SSSR count). The molecule has 0 unspecified atom stereocenters. The van der Waals surface area contributed by atoms with Gasteiger partial charge in [0.05, 0.1) is 19.0 Å². The van der Waals surface area contributed by atoms with Crippen LogP contribution in [0.15, 0.2) is 65.8 Å². The van der Waals surface area contributed by atoms with Crippen LogP contribution in [0.25, 0.3) is 5.69 Å². The van der Waals surface area contributed by atoms with Crippen molar-refractivity contribution in [3.8, 4) is 17.2 Å². The van der Waals surface area contributed by atoms with Gasteiger partial charge in [0.25, 0.3) is 5.91 Å². The second kappa shape index (κ2) is 7.57. The van der Waals surface area contributed by atoms with Crippen LogP contribution in [0.4, 0.5) is 0 Å². The van der Waals surface area contributed by atoms with Crippen molar-refractivity contribution >= 4 is 12.1 Å². The summed E-state index contributed by atoms with van der Waals surface area (Å²) in [6.45, 7) is 2.00. The second-order valence-corrected chi connectivity index (χ2v) is 5.68. The molecule has 3 aromatic rings. The van der Waals surface area contributed by atoms with E-state index >= 15 is 0 Å². The number of aryl methyl sites for hydroxylation is 1. The quantitative estimate of drug-likeness (QED) is 0.548. The molecule has 132 valence electrons. The highest BCUT2D eigenvalue weighted by atomic mass is 16.5. The monoisotopic (exact) mass is 349 g/mol. The Morgan fingerprint density at radius 1 is 1.08 bits per heavy atom. The molecule has 1 heterocycles. The molecule has 1 amide bonds. The zero-order chi connectivity index (χ0) is 18.5. The first-order valence-corrected chi connectivity index (χ1v) is 8.03. The van der Waals surface area contributed by atoms with Crippen LogP contribution in [-0.2, 0) is 0 Å². The van der Waals surface area contributed by atoms with Gasteiger partial charge in [-0.3, -0.25) is 4.79 Å². The first-order valence-electron chi connectivity index (χ1n) is 8.03. The van der Waals surface area contributed by atoms with Gasteiger partial charge in [-0.1, -0.05) is 0 Å².